The number of halogens is 1. The summed E-state index contributed by atoms with van der Waals surface area (Å²) in [4.78, 5) is 12.2. The molecule has 2 aliphatic heterocycles. The third-order valence-corrected chi connectivity index (χ3v) is 8.36. The maximum Gasteiger partial charge on any atom is 0.160 e. The summed E-state index contributed by atoms with van der Waals surface area (Å²) in [5, 5.41) is 5.97. The molecule has 2 saturated heterocycles. The first-order chi connectivity index (χ1) is 18.4. The SMILES string of the molecule is C=C(c1cc(Cl)ccc1CCCC)N1CCCCC1c1cc2nc(N3CC(C)C3)cc(N(C)CCC)n2n1. The minimum atomic E-state index is 0.174. The van der Waals surface area contributed by atoms with E-state index in [2.05, 4.69) is 77.9 Å². The van der Waals surface area contributed by atoms with Gasteiger partial charge in [-0.3, -0.25) is 0 Å². The number of aromatic nitrogens is 3. The molecule has 204 valence electrons. The van der Waals surface area contributed by atoms with Crippen LogP contribution in [0, 0.1) is 5.92 Å². The van der Waals surface area contributed by atoms with E-state index in [9.17, 15) is 0 Å². The first-order valence-corrected chi connectivity index (χ1v) is 14.9. The van der Waals surface area contributed by atoms with Crippen molar-refractivity contribution in [2.45, 2.75) is 71.8 Å². The molecular formula is C31H43ClN6. The highest BCUT2D eigenvalue weighted by molar-refractivity contribution is 6.30. The van der Waals surface area contributed by atoms with Crippen molar-refractivity contribution in [2.24, 2.45) is 5.92 Å². The molecule has 1 unspecified atom stereocenters. The van der Waals surface area contributed by atoms with E-state index < -0.39 is 0 Å². The van der Waals surface area contributed by atoms with Gasteiger partial charge in [-0.1, -0.05) is 51.4 Å². The summed E-state index contributed by atoms with van der Waals surface area (Å²) in [6, 6.07) is 10.9. The van der Waals surface area contributed by atoms with Gasteiger partial charge >= 0.3 is 0 Å². The van der Waals surface area contributed by atoms with Crippen LogP contribution in [-0.4, -0.2) is 52.7 Å². The number of nitrogens with zero attached hydrogens (tertiary/aromatic N) is 6. The first-order valence-electron chi connectivity index (χ1n) is 14.5. The molecule has 2 fully saturated rings. The molecule has 1 aromatic carbocycles. The number of rotatable bonds is 10. The number of benzene rings is 1. The lowest BCUT2D eigenvalue weighted by molar-refractivity contribution is 0.226. The van der Waals surface area contributed by atoms with Gasteiger partial charge in [0.2, 0.25) is 0 Å². The zero-order valence-electron chi connectivity index (χ0n) is 23.6. The quantitative estimate of drug-likeness (QED) is 0.274. The Morgan fingerprint density at radius 1 is 1.13 bits per heavy atom. The second kappa shape index (κ2) is 11.6. The standard InChI is InChI=1S/C31H43ClN6/c1-6-8-11-24-13-14-25(32)17-26(24)23(4)37-16-10-9-12-28(37)27-18-30-33-29(36-20-22(3)21-36)19-31(38(30)34-27)35(5)15-7-2/h13-14,17-19,22,28H,4,6-12,15-16,20-21H2,1-3,5H3. The molecular weight excluding hydrogens is 492 g/mol. The van der Waals surface area contributed by atoms with Gasteiger partial charge in [-0.25, -0.2) is 4.98 Å². The van der Waals surface area contributed by atoms with E-state index in [4.69, 9.17) is 21.7 Å². The van der Waals surface area contributed by atoms with Crippen LogP contribution in [0.4, 0.5) is 11.6 Å². The fourth-order valence-electron chi connectivity index (χ4n) is 6.02. The Morgan fingerprint density at radius 3 is 2.68 bits per heavy atom. The number of anilines is 2. The summed E-state index contributed by atoms with van der Waals surface area (Å²) < 4.78 is 2.05. The lowest BCUT2D eigenvalue weighted by Crippen LogP contribution is -2.45. The molecule has 2 aromatic heterocycles. The molecule has 4 heterocycles. The zero-order valence-corrected chi connectivity index (χ0v) is 24.3. The highest BCUT2D eigenvalue weighted by atomic mass is 35.5. The van der Waals surface area contributed by atoms with Gasteiger partial charge in [-0.2, -0.15) is 9.61 Å². The monoisotopic (exact) mass is 534 g/mol. The summed E-state index contributed by atoms with van der Waals surface area (Å²) >= 11 is 6.49. The Bertz CT molecular complexity index is 1280. The third kappa shape index (κ3) is 5.38. The highest BCUT2D eigenvalue weighted by Crippen LogP contribution is 2.38. The van der Waals surface area contributed by atoms with Crippen LogP contribution in [-0.2, 0) is 6.42 Å². The first kappa shape index (κ1) is 26.9. The molecule has 5 rings (SSSR count). The Morgan fingerprint density at radius 2 is 1.95 bits per heavy atom. The van der Waals surface area contributed by atoms with Gasteiger partial charge in [0, 0.05) is 61.6 Å². The molecule has 7 heteroatoms. The van der Waals surface area contributed by atoms with Gasteiger partial charge in [0.15, 0.2) is 5.65 Å². The number of unbranched alkanes of at least 4 members (excludes halogenated alkanes) is 1. The smallest absolute Gasteiger partial charge is 0.160 e. The van der Waals surface area contributed by atoms with Gasteiger partial charge in [0.05, 0.1) is 11.7 Å². The van der Waals surface area contributed by atoms with Crippen molar-refractivity contribution >= 4 is 34.6 Å². The van der Waals surface area contributed by atoms with Crippen LogP contribution in [0.2, 0.25) is 5.02 Å². The molecule has 38 heavy (non-hydrogen) atoms. The fraction of sp³-hybridized carbons (Fsp3) is 0.548. The van der Waals surface area contributed by atoms with Crippen molar-refractivity contribution in [1.82, 2.24) is 19.5 Å². The van der Waals surface area contributed by atoms with E-state index >= 15 is 0 Å². The van der Waals surface area contributed by atoms with E-state index in [-0.39, 0.29) is 6.04 Å². The summed E-state index contributed by atoms with van der Waals surface area (Å²) in [7, 11) is 2.16. The van der Waals surface area contributed by atoms with E-state index in [1.54, 1.807) is 0 Å². The molecule has 2 aliphatic rings. The molecule has 3 aromatic rings. The van der Waals surface area contributed by atoms with Crippen LogP contribution in [0.3, 0.4) is 0 Å². The highest BCUT2D eigenvalue weighted by Gasteiger charge is 2.30. The normalized spacial score (nSPS) is 18.2. The molecule has 0 radical (unpaired) electrons. The van der Waals surface area contributed by atoms with Gasteiger partial charge in [0.1, 0.15) is 11.6 Å². The van der Waals surface area contributed by atoms with Crippen LogP contribution in [0.25, 0.3) is 11.3 Å². The number of likely N-dealkylation sites (tertiary alicyclic amines) is 1. The molecule has 0 amide bonds. The number of aryl methyl sites for hydroxylation is 1. The van der Waals surface area contributed by atoms with Gasteiger partial charge < -0.3 is 14.7 Å². The van der Waals surface area contributed by atoms with E-state index in [0.29, 0.717) is 0 Å². The summed E-state index contributed by atoms with van der Waals surface area (Å²) in [5.74, 6) is 2.89. The molecule has 0 saturated carbocycles. The number of hydrogen-bond donors (Lipinski definition) is 0. The Hall–Kier alpha value is -2.73. The Kier molecular flexibility index (Phi) is 8.18. The molecule has 0 aliphatic carbocycles. The zero-order chi connectivity index (χ0) is 26.8. The largest absolute Gasteiger partial charge is 0.363 e. The third-order valence-electron chi connectivity index (χ3n) is 8.13. The van der Waals surface area contributed by atoms with Crippen LogP contribution in [0.1, 0.15) is 82.2 Å². The lowest BCUT2D eigenvalue weighted by atomic mass is 9.94. The second-order valence-electron chi connectivity index (χ2n) is 11.3. The van der Waals surface area contributed by atoms with E-state index in [1.807, 2.05) is 6.07 Å². The molecule has 0 N–H and O–H groups in total. The van der Waals surface area contributed by atoms with Crippen molar-refractivity contribution < 1.29 is 0 Å². The van der Waals surface area contributed by atoms with Crippen molar-refractivity contribution in [3.8, 4) is 0 Å². The Balaban J connectivity index is 1.51. The molecule has 6 nitrogen and oxygen atoms in total. The maximum atomic E-state index is 6.49. The number of fused-ring (bicyclic) bond motifs is 1. The number of hydrogen-bond acceptors (Lipinski definition) is 5. The van der Waals surface area contributed by atoms with Crippen LogP contribution in [0.5, 0.6) is 0 Å². The van der Waals surface area contributed by atoms with Gasteiger partial charge in [-0.15, -0.1) is 0 Å². The van der Waals surface area contributed by atoms with E-state index in [1.165, 1.54) is 24.0 Å². The molecule has 0 bridgehead atoms. The minimum Gasteiger partial charge on any atom is -0.363 e. The predicted octanol–water partition coefficient (Wildman–Crippen LogP) is 7.23. The second-order valence-corrected chi connectivity index (χ2v) is 11.7. The average Bonchev–Trinajstić information content (AvgIpc) is 3.34. The summed E-state index contributed by atoms with van der Waals surface area (Å²) in [6.45, 7) is 15.5. The van der Waals surface area contributed by atoms with E-state index in [0.717, 1.165) is 97.9 Å². The molecule has 0 spiro atoms. The summed E-state index contributed by atoms with van der Waals surface area (Å²) in [6.07, 6.45) is 7.87. The summed E-state index contributed by atoms with van der Waals surface area (Å²) in [5.41, 5.74) is 5.58. The Labute approximate surface area is 233 Å². The lowest BCUT2D eigenvalue weighted by Gasteiger charge is -2.38. The van der Waals surface area contributed by atoms with Crippen LogP contribution >= 0.6 is 11.6 Å². The maximum absolute atomic E-state index is 6.49. The van der Waals surface area contributed by atoms with Gasteiger partial charge in [-0.05, 0) is 62.1 Å². The topological polar surface area (TPSA) is 39.9 Å². The van der Waals surface area contributed by atoms with Gasteiger partial charge in [0.25, 0.3) is 0 Å². The average molecular weight is 535 g/mol. The van der Waals surface area contributed by atoms with Crippen molar-refractivity contribution in [3.05, 3.63) is 58.8 Å². The van der Waals surface area contributed by atoms with Crippen molar-refractivity contribution in [1.29, 1.82) is 0 Å². The van der Waals surface area contributed by atoms with Crippen LogP contribution in [0.15, 0.2) is 36.9 Å². The van der Waals surface area contributed by atoms with Crippen molar-refractivity contribution in [2.75, 3.05) is 43.0 Å². The fourth-order valence-corrected chi connectivity index (χ4v) is 6.19. The van der Waals surface area contributed by atoms with Crippen LogP contribution < -0.4 is 9.80 Å². The predicted molar refractivity (Wildman–Crippen MR) is 160 cm³/mol. The minimum absolute atomic E-state index is 0.174. The molecule has 1 atom stereocenters. The number of piperidine rings is 1. The van der Waals surface area contributed by atoms with Crippen molar-refractivity contribution in [3.63, 3.8) is 0 Å².